The highest BCUT2D eigenvalue weighted by Gasteiger charge is 2.32. The number of ether oxygens (including phenoxy) is 1. The molecule has 0 aromatic heterocycles. The second-order valence-corrected chi connectivity index (χ2v) is 8.42. The zero-order chi connectivity index (χ0) is 19.5. The van der Waals surface area contributed by atoms with E-state index in [2.05, 4.69) is 4.74 Å². The van der Waals surface area contributed by atoms with Gasteiger partial charge in [-0.15, -0.1) is 13.2 Å². The third-order valence-corrected chi connectivity index (χ3v) is 6.48. The highest BCUT2D eigenvalue weighted by molar-refractivity contribution is 7.89. The Kier molecular flexibility index (Phi) is 5.76. The van der Waals surface area contributed by atoms with Crippen LogP contribution < -0.4 is 4.74 Å². The molecule has 1 unspecified atom stereocenters. The smallest absolute Gasteiger partial charge is 0.406 e. The summed E-state index contributed by atoms with van der Waals surface area (Å²) in [4.78, 5) is -0.0364. The van der Waals surface area contributed by atoms with E-state index in [1.54, 1.807) is 0 Å². The van der Waals surface area contributed by atoms with E-state index in [1.165, 1.54) is 4.31 Å². The zero-order valence-corrected chi connectivity index (χ0v) is 15.3. The summed E-state index contributed by atoms with van der Waals surface area (Å²) in [6.07, 6.45) is -2.25. The van der Waals surface area contributed by atoms with Crippen LogP contribution in [0.2, 0.25) is 0 Å². The van der Waals surface area contributed by atoms with Crippen molar-refractivity contribution in [2.45, 2.75) is 36.4 Å². The normalized spacial score (nSPS) is 19.4. The fraction of sp³-hybridized carbons (Fsp3) is 0.368. The van der Waals surface area contributed by atoms with Crippen molar-refractivity contribution in [1.82, 2.24) is 4.31 Å². The first kappa shape index (κ1) is 19.7. The topological polar surface area (TPSA) is 46.6 Å². The van der Waals surface area contributed by atoms with Gasteiger partial charge in [0.2, 0.25) is 10.0 Å². The summed E-state index contributed by atoms with van der Waals surface area (Å²) in [7, 11) is -3.79. The molecule has 0 spiro atoms. The molecule has 27 heavy (non-hydrogen) atoms. The Morgan fingerprint density at radius 1 is 0.963 bits per heavy atom. The van der Waals surface area contributed by atoms with E-state index >= 15 is 0 Å². The van der Waals surface area contributed by atoms with E-state index in [4.69, 9.17) is 0 Å². The molecule has 3 rings (SSSR count). The van der Waals surface area contributed by atoms with Gasteiger partial charge >= 0.3 is 6.36 Å². The highest BCUT2D eigenvalue weighted by atomic mass is 32.2. The standard InChI is InChI=1S/C19H20F3NO3S/c20-19(21,22)26-17-9-11-18(12-10-17)27(24,25)23-13-5-4-8-16(14-23)15-6-2-1-3-7-15/h1-3,6-7,9-12,16H,4-5,8,13-14H2. The Bertz CT molecular complexity index is 852. The summed E-state index contributed by atoms with van der Waals surface area (Å²) in [6.45, 7) is 0.750. The second kappa shape index (κ2) is 7.90. The van der Waals surface area contributed by atoms with Gasteiger partial charge in [-0.3, -0.25) is 0 Å². The number of sulfonamides is 1. The van der Waals surface area contributed by atoms with Crippen LogP contribution in [-0.2, 0) is 10.0 Å². The van der Waals surface area contributed by atoms with E-state index in [1.807, 2.05) is 30.3 Å². The fourth-order valence-corrected chi connectivity index (χ4v) is 4.81. The molecule has 0 N–H and O–H groups in total. The largest absolute Gasteiger partial charge is 0.573 e. The molecule has 1 aliphatic rings. The molecule has 1 aliphatic heterocycles. The van der Waals surface area contributed by atoms with E-state index in [0.717, 1.165) is 49.1 Å². The van der Waals surface area contributed by atoms with Crippen molar-refractivity contribution in [3.8, 4) is 5.75 Å². The molecule has 146 valence electrons. The maximum atomic E-state index is 13.0. The minimum absolute atomic E-state index is 0.0364. The molecule has 2 aromatic carbocycles. The van der Waals surface area contributed by atoms with Gasteiger partial charge in [0.1, 0.15) is 5.75 Å². The van der Waals surface area contributed by atoms with Crippen LogP contribution in [-0.4, -0.2) is 32.2 Å². The lowest BCUT2D eigenvalue weighted by Crippen LogP contribution is -2.34. The van der Waals surface area contributed by atoms with Gasteiger partial charge in [-0.2, -0.15) is 4.31 Å². The zero-order valence-electron chi connectivity index (χ0n) is 14.5. The number of hydrogen-bond donors (Lipinski definition) is 0. The van der Waals surface area contributed by atoms with Crippen LogP contribution >= 0.6 is 0 Å². The Labute approximate surface area is 156 Å². The van der Waals surface area contributed by atoms with Gasteiger partial charge in [-0.1, -0.05) is 36.8 Å². The van der Waals surface area contributed by atoms with Gasteiger partial charge in [-0.25, -0.2) is 8.42 Å². The summed E-state index contributed by atoms with van der Waals surface area (Å²) >= 11 is 0. The van der Waals surface area contributed by atoms with E-state index in [-0.39, 0.29) is 10.8 Å². The number of rotatable bonds is 4. The molecule has 2 aromatic rings. The number of alkyl halides is 3. The Balaban J connectivity index is 1.80. The summed E-state index contributed by atoms with van der Waals surface area (Å²) in [5.74, 6) is -0.351. The van der Waals surface area contributed by atoms with Crippen molar-refractivity contribution < 1.29 is 26.3 Å². The van der Waals surface area contributed by atoms with Crippen LogP contribution in [0.4, 0.5) is 13.2 Å². The average Bonchev–Trinajstić information content (AvgIpc) is 2.88. The van der Waals surface area contributed by atoms with Gasteiger partial charge in [-0.05, 0) is 48.6 Å². The molecule has 1 atom stereocenters. The van der Waals surface area contributed by atoms with Crippen LogP contribution in [0.15, 0.2) is 59.5 Å². The summed E-state index contributed by atoms with van der Waals surface area (Å²) in [6, 6.07) is 14.1. The summed E-state index contributed by atoms with van der Waals surface area (Å²) in [5.41, 5.74) is 1.09. The second-order valence-electron chi connectivity index (χ2n) is 6.49. The Hall–Kier alpha value is -2.06. The fourth-order valence-electron chi connectivity index (χ4n) is 3.29. The third-order valence-electron chi connectivity index (χ3n) is 4.60. The minimum atomic E-state index is -4.81. The van der Waals surface area contributed by atoms with Crippen molar-refractivity contribution in [2.75, 3.05) is 13.1 Å². The molecule has 0 amide bonds. The first-order valence-electron chi connectivity index (χ1n) is 8.66. The first-order chi connectivity index (χ1) is 12.8. The quantitative estimate of drug-likeness (QED) is 0.758. The number of nitrogens with zero attached hydrogens (tertiary/aromatic N) is 1. The monoisotopic (exact) mass is 399 g/mol. The number of benzene rings is 2. The molecule has 1 heterocycles. The maximum Gasteiger partial charge on any atom is 0.573 e. The average molecular weight is 399 g/mol. The third kappa shape index (κ3) is 5.01. The Morgan fingerprint density at radius 3 is 2.26 bits per heavy atom. The van der Waals surface area contributed by atoms with Crippen molar-refractivity contribution in [3.05, 3.63) is 60.2 Å². The lowest BCUT2D eigenvalue weighted by molar-refractivity contribution is -0.274. The van der Waals surface area contributed by atoms with Crippen molar-refractivity contribution in [3.63, 3.8) is 0 Å². The Morgan fingerprint density at radius 2 is 1.63 bits per heavy atom. The summed E-state index contributed by atoms with van der Waals surface area (Å²) in [5, 5.41) is 0. The van der Waals surface area contributed by atoms with Crippen molar-refractivity contribution in [1.29, 1.82) is 0 Å². The van der Waals surface area contributed by atoms with Gasteiger partial charge < -0.3 is 4.74 Å². The number of hydrogen-bond acceptors (Lipinski definition) is 3. The molecule has 0 radical (unpaired) electrons. The molecule has 1 fully saturated rings. The van der Waals surface area contributed by atoms with Gasteiger partial charge in [0.25, 0.3) is 0 Å². The van der Waals surface area contributed by atoms with Gasteiger partial charge in [0.05, 0.1) is 4.90 Å². The van der Waals surface area contributed by atoms with Crippen LogP contribution in [0.25, 0.3) is 0 Å². The highest BCUT2D eigenvalue weighted by Crippen LogP contribution is 2.30. The van der Waals surface area contributed by atoms with Crippen LogP contribution in [0, 0.1) is 0 Å². The van der Waals surface area contributed by atoms with Crippen LogP contribution in [0.1, 0.15) is 30.7 Å². The molecular weight excluding hydrogens is 379 g/mol. The molecular formula is C19H20F3NO3S. The minimum Gasteiger partial charge on any atom is -0.406 e. The molecule has 0 bridgehead atoms. The molecule has 8 heteroatoms. The molecule has 0 aliphatic carbocycles. The van der Waals surface area contributed by atoms with E-state index in [0.29, 0.717) is 13.1 Å². The van der Waals surface area contributed by atoms with Crippen molar-refractivity contribution in [2.24, 2.45) is 0 Å². The predicted molar refractivity (Wildman–Crippen MR) is 94.9 cm³/mol. The number of halogens is 3. The SMILES string of the molecule is O=S(=O)(c1ccc(OC(F)(F)F)cc1)N1CCCCC(c2ccccc2)C1. The van der Waals surface area contributed by atoms with Crippen LogP contribution in [0.3, 0.4) is 0 Å². The lowest BCUT2D eigenvalue weighted by atomic mass is 9.95. The maximum absolute atomic E-state index is 13.0. The molecule has 0 saturated carbocycles. The van der Waals surface area contributed by atoms with Crippen LogP contribution in [0.5, 0.6) is 5.75 Å². The van der Waals surface area contributed by atoms with E-state index < -0.39 is 22.1 Å². The van der Waals surface area contributed by atoms with Gasteiger partial charge in [0.15, 0.2) is 0 Å². The lowest BCUT2D eigenvalue weighted by Gasteiger charge is -2.24. The van der Waals surface area contributed by atoms with E-state index in [9.17, 15) is 21.6 Å². The predicted octanol–water partition coefficient (Wildman–Crippen LogP) is 4.54. The van der Waals surface area contributed by atoms with Crippen molar-refractivity contribution >= 4 is 10.0 Å². The molecule has 1 saturated heterocycles. The summed E-state index contributed by atoms with van der Waals surface area (Å²) < 4.78 is 68.0. The van der Waals surface area contributed by atoms with Gasteiger partial charge in [0, 0.05) is 13.1 Å². The molecule has 4 nitrogen and oxygen atoms in total. The first-order valence-corrected chi connectivity index (χ1v) is 10.1.